The molecule has 0 spiro atoms. The molecule has 0 aliphatic carbocycles. The molecule has 98 valence electrons. The third kappa shape index (κ3) is 2.50. The van der Waals surface area contributed by atoms with Gasteiger partial charge in [0.15, 0.2) is 0 Å². The maximum Gasteiger partial charge on any atom is 0.0835 e. The van der Waals surface area contributed by atoms with Crippen LogP contribution in [-0.4, -0.2) is 22.8 Å². The van der Waals surface area contributed by atoms with Crippen LogP contribution >= 0.6 is 23.2 Å². The summed E-state index contributed by atoms with van der Waals surface area (Å²) in [4.78, 5) is 0. The average Bonchev–Trinajstić information content (AvgIpc) is 2.70. The van der Waals surface area contributed by atoms with Gasteiger partial charge in [-0.2, -0.15) is 0 Å². The molecule has 0 fully saturated rings. The maximum absolute atomic E-state index is 9.11. The van der Waals surface area contributed by atoms with E-state index in [1.54, 1.807) is 6.07 Å². The summed E-state index contributed by atoms with van der Waals surface area (Å²) in [5.74, 6) is 0. The Bertz CT molecular complexity index is 551. The summed E-state index contributed by atoms with van der Waals surface area (Å²) < 4.78 is 1.95. The zero-order valence-electron chi connectivity index (χ0n) is 10.00. The molecule has 3 nitrogen and oxygen atoms in total. The summed E-state index contributed by atoms with van der Waals surface area (Å²) in [5.41, 5.74) is 7.64. The van der Waals surface area contributed by atoms with E-state index in [4.69, 9.17) is 34.0 Å². The van der Waals surface area contributed by atoms with Crippen molar-refractivity contribution >= 4 is 34.1 Å². The second-order valence-electron chi connectivity index (χ2n) is 4.22. The fraction of sp³-hybridized carbons (Fsp3) is 0.385. The smallest absolute Gasteiger partial charge is 0.0835 e. The number of fused-ring (bicyclic) bond motifs is 1. The summed E-state index contributed by atoms with van der Waals surface area (Å²) in [5, 5.41) is 11.3. The van der Waals surface area contributed by atoms with Crippen LogP contribution < -0.4 is 5.73 Å². The Morgan fingerprint density at radius 2 is 2.06 bits per heavy atom. The predicted octanol–water partition coefficient (Wildman–Crippen LogP) is 2.83. The molecule has 0 saturated heterocycles. The first-order chi connectivity index (χ1) is 8.69. The van der Waals surface area contributed by atoms with Gasteiger partial charge in [0, 0.05) is 18.1 Å². The molecule has 18 heavy (non-hydrogen) atoms. The van der Waals surface area contributed by atoms with Crippen molar-refractivity contribution in [3.63, 3.8) is 0 Å². The molecule has 2 rings (SSSR count). The van der Waals surface area contributed by atoms with E-state index >= 15 is 0 Å². The number of rotatable bonds is 5. The second kappa shape index (κ2) is 5.93. The van der Waals surface area contributed by atoms with Crippen LogP contribution in [0.5, 0.6) is 0 Å². The van der Waals surface area contributed by atoms with Crippen molar-refractivity contribution in [1.29, 1.82) is 0 Å². The van der Waals surface area contributed by atoms with Gasteiger partial charge >= 0.3 is 0 Å². The predicted molar refractivity (Wildman–Crippen MR) is 76.4 cm³/mol. The van der Waals surface area contributed by atoms with E-state index in [2.05, 4.69) is 0 Å². The Morgan fingerprint density at radius 3 is 2.72 bits per heavy atom. The summed E-state index contributed by atoms with van der Waals surface area (Å²) >= 11 is 12.3. The van der Waals surface area contributed by atoms with Gasteiger partial charge in [-0.15, -0.1) is 0 Å². The molecule has 1 aromatic heterocycles. The van der Waals surface area contributed by atoms with Gasteiger partial charge in [-0.05, 0) is 31.0 Å². The molecule has 0 amide bonds. The summed E-state index contributed by atoms with van der Waals surface area (Å²) in [6.45, 7) is 1.25. The third-order valence-electron chi connectivity index (χ3n) is 3.01. The highest BCUT2D eigenvalue weighted by atomic mass is 35.5. The topological polar surface area (TPSA) is 51.2 Å². The van der Waals surface area contributed by atoms with Crippen molar-refractivity contribution in [2.24, 2.45) is 5.73 Å². The standard InChI is InChI=1S/C13H16Cl2N2O/c14-11-4-3-10-9(2-1-5-16)8-17(6-7-18)13(10)12(11)15/h3-4,8,18H,1-2,5-7,16H2. The van der Waals surface area contributed by atoms with Crippen LogP contribution in [0.4, 0.5) is 0 Å². The quantitative estimate of drug-likeness (QED) is 0.888. The van der Waals surface area contributed by atoms with E-state index in [-0.39, 0.29) is 6.61 Å². The molecular weight excluding hydrogens is 271 g/mol. The van der Waals surface area contributed by atoms with E-state index in [1.807, 2.05) is 16.8 Å². The Hall–Kier alpha value is -0.740. The summed E-state index contributed by atoms with van der Waals surface area (Å²) in [7, 11) is 0. The molecule has 1 aromatic carbocycles. The van der Waals surface area contributed by atoms with Crippen molar-refractivity contribution in [2.45, 2.75) is 19.4 Å². The zero-order valence-corrected chi connectivity index (χ0v) is 11.5. The van der Waals surface area contributed by atoms with Gasteiger partial charge in [-0.3, -0.25) is 0 Å². The number of benzene rings is 1. The first-order valence-electron chi connectivity index (χ1n) is 5.95. The number of aliphatic hydroxyl groups excluding tert-OH is 1. The number of aromatic nitrogens is 1. The number of nitrogens with zero attached hydrogens (tertiary/aromatic N) is 1. The number of hydrogen-bond acceptors (Lipinski definition) is 2. The molecule has 2 aromatic rings. The normalized spacial score (nSPS) is 11.3. The lowest BCUT2D eigenvalue weighted by molar-refractivity contribution is 0.278. The lowest BCUT2D eigenvalue weighted by atomic mass is 10.1. The van der Waals surface area contributed by atoms with Gasteiger partial charge < -0.3 is 15.4 Å². The van der Waals surface area contributed by atoms with Crippen LogP contribution in [-0.2, 0) is 13.0 Å². The van der Waals surface area contributed by atoms with Gasteiger partial charge in [-0.1, -0.05) is 29.3 Å². The van der Waals surface area contributed by atoms with Crippen molar-refractivity contribution < 1.29 is 5.11 Å². The van der Waals surface area contributed by atoms with Crippen molar-refractivity contribution in [2.75, 3.05) is 13.2 Å². The summed E-state index contributed by atoms with van der Waals surface area (Å²) in [6, 6.07) is 3.78. The monoisotopic (exact) mass is 286 g/mol. The Kier molecular flexibility index (Phi) is 4.51. The third-order valence-corrected chi connectivity index (χ3v) is 3.80. The molecule has 0 radical (unpaired) electrons. The molecule has 3 N–H and O–H groups in total. The molecule has 5 heteroatoms. The van der Waals surface area contributed by atoms with Crippen molar-refractivity contribution in [3.05, 3.63) is 33.9 Å². The van der Waals surface area contributed by atoms with Crippen molar-refractivity contribution in [3.8, 4) is 0 Å². The van der Waals surface area contributed by atoms with Crippen LogP contribution in [0.1, 0.15) is 12.0 Å². The molecular formula is C13H16Cl2N2O. The van der Waals surface area contributed by atoms with E-state index < -0.39 is 0 Å². The van der Waals surface area contributed by atoms with Gasteiger partial charge in [0.2, 0.25) is 0 Å². The van der Waals surface area contributed by atoms with Crippen LogP contribution in [0.25, 0.3) is 10.9 Å². The summed E-state index contributed by atoms with van der Waals surface area (Å²) in [6.07, 6.45) is 3.86. The van der Waals surface area contributed by atoms with Gasteiger partial charge in [0.1, 0.15) is 0 Å². The molecule has 0 bridgehead atoms. The van der Waals surface area contributed by atoms with Gasteiger partial charge in [0.25, 0.3) is 0 Å². The Morgan fingerprint density at radius 1 is 1.28 bits per heavy atom. The largest absolute Gasteiger partial charge is 0.395 e. The fourth-order valence-electron chi connectivity index (χ4n) is 2.18. The number of nitrogens with two attached hydrogens (primary N) is 1. The lowest BCUT2D eigenvalue weighted by Crippen LogP contribution is -2.01. The first-order valence-corrected chi connectivity index (χ1v) is 6.71. The first kappa shape index (κ1) is 13.7. The zero-order chi connectivity index (χ0) is 13.1. The number of aliphatic hydroxyl groups is 1. The SMILES string of the molecule is NCCCc1cn(CCO)c2c(Cl)c(Cl)ccc12. The average molecular weight is 287 g/mol. The highest BCUT2D eigenvalue weighted by molar-refractivity contribution is 6.45. The van der Waals surface area contributed by atoms with Crippen LogP contribution in [0.15, 0.2) is 18.3 Å². The minimum atomic E-state index is 0.0724. The van der Waals surface area contributed by atoms with Crippen LogP contribution in [0.2, 0.25) is 10.0 Å². The molecule has 0 aliphatic heterocycles. The van der Waals surface area contributed by atoms with E-state index in [0.717, 1.165) is 23.7 Å². The Labute approximate surface area is 116 Å². The number of halogens is 2. The minimum Gasteiger partial charge on any atom is -0.395 e. The highest BCUT2D eigenvalue weighted by Gasteiger charge is 2.13. The van der Waals surface area contributed by atoms with Crippen LogP contribution in [0.3, 0.4) is 0 Å². The van der Waals surface area contributed by atoms with Crippen LogP contribution in [0, 0.1) is 0 Å². The van der Waals surface area contributed by atoms with Crippen molar-refractivity contribution in [1.82, 2.24) is 4.57 Å². The van der Waals surface area contributed by atoms with E-state index in [9.17, 15) is 0 Å². The second-order valence-corrected chi connectivity index (χ2v) is 5.01. The van der Waals surface area contributed by atoms with Gasteiger partial charge in [-0.25, -0.2) is 0 Å². The maximum atomic E-state index is 9.11. The minimum absolute atomic E-state index is 0.0724. The molecule has 0 atom stereocenters. The van der Waals surface area contributed by atoms with E-state index in [0.29, 0.717) is 23.1 Å². The molecule has 0 saturated carbocycles. The fourth-order valence-corrected chi connectivity index (χ4v) is 2.60. The Balaban J connectivity index is 2.56. The molecule has 1 heterocycles. The molecule has 0 unspecified atom stereocenters. The number of hydrogen-bond donors (Lipinski definition) is 2. The lowest BCUT2D eigenvalue weighted by Gasteiger charge is -2.05. The number of aryl methyl sites for hydroxylation is 1. The highest BCUT2D eigenvalue weighted by Crippen LogP contribution is 2.34. The molecule has 0 aliphatic rings. The van der Waals surface area contributed by atoms with E-state index in [1.165, 1.54) is 5.56 Å². The van der Waals surface area contributed by atoms with Gasteiger partial charge in [0.05, 0.1) is 22.2 Å².